The van der Waals surface area contributed by atoms with Crippen molar-refractivity contribution in [2.45, 2.75) is 39.3 Å². The summed E-state index contributed by atoms with van der Waals surface area (Å²) in [7, 11) is 0. The van der Waals surface area contributed by atoms with Crippen molar-refractivity contribution in [1.82, 2.24) is 24.9 Å². The SMILES string of the molecule is Cc1cc(C)n(C[C@H]2CCCN2CCN2C(=O)CNC2=O)n1. The van der Waals surface area contributed by atoms with Gasteiger partial charge in [0, 0.05) is 24.8 Å². The fraction of sp³-hybridized carbons (Fsp3) is 0.667. The van der Waals surface area contributed by atoms with Gasteiger partial charge < -0.3 is 5.32 Å². The van der Waals surface area contributed by atoms with Crippen molar-refractivity contribution >= 4 is 11.9 Å². The molecular formula is C15H23N5O2. The van der Waals surface area contributed by atoms with Crippen molar-refractivity contribution in [1.29, 1.82) is 0 Å². The molecule has 7 nitrogen and oxygen atoms in total. The highest BCUT2D eigenvalue weighted by molar-refractivity contribution is 6.01. The van der Waals surface area contributed by atoms with Crippen molar-refractivity contribution < 1.29 is 9.59 Å². The predicted octanol–water partition coefficient (Wildman–Crippen LogP) is 0.516. The molecule has 0 aromatic carbocycles. The number of hydrogen-bond acceptors (Lipinski definition) is 4. The van der Waals surface area contributed by atoms with E-state index in [1.807, 2.05) is 6.92 Å². The van der Waals surface area contributed by atoms with Gasteiger partial charge in [0.15, 0.2) is 0 Å². The van der Waals surface area contributed by atoms with Gasteiger partial charge in [-0.15, -0.1) is 0 Å². The van der Waals surface area contributed by atoms with Crippen LogP contribution in [0.1, 0.15) is 24.2 Å². The van der Waals surface area contributed by atoms with Gasteiger partial charge in [0.25, 0.3) is 0 Å². The maximum atomic E-state index is 11.6. The van der Waals surface area contributed by atoms with Gasteiger partial charge in [-0.2, -0.15) is 5.10 Å². The number of hydrogen-bond donors (Lipinski definition) is 1. The zero-order valence-corrected chi connectivity index (χ0v) is 13.2. The Morgan fingerprint density at radius 3 is 2.77 bits per heavy atom. The quantitative estimate of drug-likeness (QED) is 0.805. The van der Waals surface area contributed by atoms with Gasteiger partial charge in [-0.25, -0.2) is 4.79 Å². The summed E-state index contributed by atoms with van der Waals surface area (Å²) in [5.41, 5.74) is 2.22. The van der Waals surface area contributed by atoms with Crippen LogP contribution < -0.4 is 5.32 Å². The summed E-state index contributed by atoms with van der Waals surface area (Å²) in [6, 6.07) is 2.25. The summed E-state index contributed by atoms with van der Waals surface area (Å²) in [6.45, 7) is 7.32. The standard InChI is InChI=1S/C15H23N5O2/c1-11-8-12(2)20(17-11)10-13-4-3-5-18(13)6-7-19-14(21)9-16-15(19)22/h8,13H,3-7,9-10H2,1-2H3,(H,16,22)/t13-/m1/s1. The Morgan fingerprint density at radius 2 is 2.14 bits per heavy atom. The minimum absolute atomic E-state index is 0.126. The Bertz CT molecular complexity index is 566. The molecule has 1 atom stereocenters. The molecule has 0 bridgehead atoms. The van der Waals surface area contributed by atoms with Crippen molar-refractivity contribution in [2.24, 2.45) is 0 Å². The second-order valence-corrected chi connectivity index (χ2v) is 6.15. The fourth-order valence-electron chi connectivity index (χ4n) is 3.37. The first kappa shape index (κ1) is 15.0. The van der Waals surface area contributed by atoms with E-state index in [2.05, 4.69) is 33.0 Å². The summed E-state index contributed by atoms with van der Waals surface area (Å²) >= 11 is 0. The number of nitrogens with one attached hydrogen (secondary N) is 1. The first-order chi connectivity index (χ1) is 10.5. The molecular weight excluding hydrogens is 282 g/mol. The van der Waals surface area contributed by atoms with E-state index in [0.29, 0.717) is 12.6 Å². The van der Waals surface area contributed by atoms with E-state index in [-0.39, 0.29) is 18.5 Å². The molecule has 120 valence electrons. The Hall–Kier alpha value is -1.89. The Balaban J connectivity index is 1.58. The molecule has 2 saturated heterocycles. The van der Waals surface area contributed by atoms with Gasteiger partial charge in [-0.1, -0.05) is 0 Å². The van der Waals surface area contributed by atoms with E-state index in [9.17, 15) is 9.59 Å². The zero-order valence-electron chi connectivity index (χ0n) is 13.2. The van der Waals surface area contributed by atoms with Gasteiger partial charge >= 0.3 is 6.03 Å². The lowest BCUT2D eigenvalue weighted by atomic mass is 10.2. The number of urea groups is 1. The Labute approximate surface area is 130 Å². The van der Waals surface area contributed by atoms with E-state index >= 15 is 0 Å². The molecule has 0 aliphatic carbocycles. The molecule has 3 heterocycles. The van der Waals surface area contributed by atoms with Crippen LogP contribution in [0.5, 0.6) is 0 Å². The lowest BCUT2D eigenvalue weighted by Gasteiger charge is -2.26. The van der Waals surface area contributed by atoms with Gasteiger partial charge in [-0.05, 0) is 39.3 Å². The van der Waals surface area contributed by atoms with Crippen LogP contribution in [0, 0.1) is 13.8 Å². The lowest BCUT2D eigenvalue weighted by Crippen LogP contribution is -2.41. The lowest BCUT2D eigenvalue weighted by molar-refractivity contribution is -0.125. The van der Waals surface area contributed by atoms with E-state index in [4.69, 9.17) is 0 Å². The first-order valence-corrected chi connectivity index (χ1v) is 7.88. The van der Waals surface area contributed by atoms with Gasteiger partial charge in [0.1, 0.15) is 0 Å². The largest absolute Gasteiger partial charge is 0.329 e. The third-order valence-corrected chi connectivity index (χ3v) is 4.53. The topological polar surface area (TPSA) is 70.5 Å². The summed E-state index contributed by atoms with van der Waals surface area (Å²) in [4.78, 5) is 26.9. The zero-order chi connectivity index (χ0) is 15.7. The van der Waals surface area contributed by atoms with Crippen LogP contribution in [0.3, 0.4) is 0 Å². The molecule has 2 aliphatic heterocycles. The maximum Gasteiger partial charge on any atom is 0.324 e. The Morgan fingerprint density at radius 1 is 1.32 bits per heavy atom. The highest BCUT2D eigenvalue weighted by atomic mass is 16.2. The summed E-state index contributed by atoms with van der Waals surface area (Å²) in [6.07, 6.45) is 2.29. The van der Waals surface area contributed by atoms with E-state index < -0.39 is 0 Å². The number of nitrogens with zero attached hydrogens (tertiary/aromatic N) is 4. The summed E-state index contributed by atoms with van der Waals surface area (Å²) in [5, 5.41) is 7.09. The molecule has 22 heavy (non-hydrogen) atoms. The summed E-state index contributed by atoms with van der Waals surface area (Å²) < 4.78 is 2.06. The van der Waals surface area contributed by atoms with Crippen LogP contribution in [-0.4, -0.2) is 63.7 Å². The maximum absolute atomic E-state index is 11.6. The van der Waals surface area contributed by atoms with Crippen LogP contribution in [0.2, 0.25) is 0 Å². The molecule has 0 radical (unpaired) electrons. The fourth-order valence-corrected chi connectivity index (χ4v) is 3.37. The normalized spacial score (nSPS) is 22.6. The minimum atomic E-state index is -0.265. The Kier molecular flexibility index (Phi) is 4.15. The highest BCUT2D eigenvalue weighted by Gasteiger charge is 2.31. The number of aryl methyl sites for hydroxylation is 2. The van der Waals surface area contributed by atoms with Gasteiger partial charge in [0.2, 0.25) is 5.91 Å². The third kappa shape index (κ3) is 2.99. The van der Waals surface area contributed by atoms with Crippen LogP contribution in [0.4, 0.5) is 4.79 Å². The molecule has 1 N–H and O–H groups in total. The molecule has 2 fully saturated rings. The average Bonchev–Trinajstić information content (AvgIpc) is 3.12. The number of aromatic nitrogens is 2. The van der Waals surface area contributed by atoms with Crippen LogP contribution in [0.15, 0.2) is 6.07 Å². The number of likely N-dealkylation sites (tertiary alicyclic amines) is 1. The predicted molar refractivity (Wildman–Crippen MR) is 81.4 cm³/mol. The molecule has 2 aliphatic rings. The molecule has 1 aromatic rings. The smallest absolute Gasteiger partial charge is 0.324 e. The van der Waals surface area contributed by atoms with Crippen LogP contribution in [0.25, 0.3) is 0 Å². The number of carbonyl (C=O) groups is 2. The highest BCUT2D eigenvalue weighted by Crippen LogP contribution is 2.19. The molecule has 0 saturated carbocycles. The van der Waals surface area contributed by atoms with E-state index in [1.54, 1.807) is 0 Å². The number of amides is 3. The van der Waals surface area contributed by atoms with Gasteiger partial charge in [-0.3, -0.25) is 19.3 Å². The molecule has 3 rings (SSSR count). The number of imide groups is 1. The van der Waals surface area contributed by atoms with E-state index in [1.165, 1.54) is 10.6 Å². The first-order valence-electron chi connectivity index (χ1n) is 7.88. The van der Waals surface area contributed by atoms with Crippen LogP contribution >= 0.6 is 0 Å². The van der Waals surface area contributed by atoms with Crippen LogP contribution in [-0.2, 0) is 11.3 Å². The van der Waals surface area contributed by atoms with Crippen molar-refractivity contribution in [2.75, 3.05) is 26.2 Å². The average molecular weight is 305 g/mol. The number of carbonyl (C=O) groups excluding carboxylic acids is 2. The molecule has 7 heteroatoms. The van der Waals surface area contributed by atoms with E-state index in [0.717, 1.165) is 38.2 Å². The molecule has 1 aromatic heterocycles. The summed E-state index contributed by atoms with van der Waals surface area (Å²) in [5.74, 6) is -0.126. The second kappa shape index (κ2) is 6.08. The third-order valence-electron chi connectivity index (χ3n) is 4.53. The van der Waals surface area contributed by atoms with Crippen molar-refractivity contribution in [3.05, 3.63) is 17.5 Å². The number of rotatable bonds is 5. The minimum Gasteiger partial charge on any atom is -0.329 e. The molecule has 0 spiro atoms. The van der Waals surface area contributed by atoms with Gasteiger partial charge in [0.05, 0.1) is 18.8 Å². The van der Waals surface area contributed by atoms with Crippen molar-refractivity contribution in [3.63, 3.8) is 0 Å². The second-order valence-electron chi connectivity index (χ2n) is 6.15. The molecule has 0 unspecified atom stereocenters. The van der Waals surface area contributed by atoms with Crippen molar-refractivity contribution in [3.8, 4) is 0 Å². The monoisotopic (exact) mass is 305 g/mol. The molecule has 3 amide bonds.